The molecule has 0 saturated heterocycles. The lowest BCUT2D eigenvalue weighted by Gasteiger charge is -2.25. The number of fused-ring (bicyclic) bond motifs is 2. The van der Waals surface area contributed by atoms with Gasteiger partial charge in [-0.05, 0) is 40.7 Å². The molecule has 6 nitrogen and oxygen atoms in total. The van der Waals surface area contributed by atoms with E-state index in [0.29, 0.717) is 44.1 Å². The maximum absolute atomic E-state index is 13.3. The molecule has 0 atom stereocenters. The minimum Gasteiger partial charge on any atom is -0.480 e. The molecule has 1 aliphatic heterocycles. The van der Waals surface area contributed by atoms with Crippen LogP contribution < -0.4 is 5.32 Å². The number of nitriles is 1. The molecule has 0 unspecified atom stereocenters. The maximum Gasteiger partial charge on any atom is 0.292 e. The van der Waals surface area contributed by atoms with Crippen molar-refractivity contribution in [2.45, 2.75) is 52.4 Å². The molecule has 8 heteroatoms. The SMILES string of the molecule is CC(C)(C)c1cc(C(C)(C)C)c2oc(O)c(C3=NC(=C(C#N)C(=O)Nc4ccc(Cl)c(Cl)c4)c4ccccc43)c2c1. The number of amides is 1. The Balaban J connectivity index is 1.73. The van der Waals surface area contributed by atoms with Crippen molar-refractivity contribution in [3.05, 3.63) is 98.0 Å². The lowest BCUT2D eigenvalue weighted by molar-refractivity contribution is -0.112. The number of carbonyl (C=O) groups is 1. The second-order valence-corrected chi connectivity index (χ2v) is 12.9. The minimum absolute atomic E-state index is 0.171. The maximum atomic E-state index is 13.3. The van der Waals surface area contributed by atoms with Gasteiger partial charge in [-0.2, -0.15) is 5.26 Å². The number of furan rings is 1. The lowest BCUT2D eigenvalue weighted by atomic mass is 9.79. The minimum atomic E-state index is -0.646. The van der Waals surface area contributed by atoms with Crippen LogP contribution in [0.1, 0.15) is 69.4 Å². The predicted octanol–water partition coefficient (Wildman–Crippen LogP) is 8.76. The molecule has 2 N–H and O–H groups in total. The summed E-state index contributed by atoms with van der Waals surface area (Å²) in [6.45, 7) is 12.7. The number of hydrogen-bond acceptors (Lipinski definition) is 5. The molecule has 0 bridgehead atoms. The summed E-state index contributed by atoms with van der Waals surface area (Å²) < 4.78 is 6.01. The fourth-order valence-electron chi connectivity index (χ4n) is 4.89. The molecule has 4 aromatic rings. The summed E-state index contributed by atoms with van der Waals surface area (Å²) in [5, 5.41) is 25.4. The Kier molecular flexibility index (Phi) is 7.01. The van der Waals surface area contributed by atoms with Gasteiger partial charge in [0.25, 0.3) is 11.9 Å². The molecule has 208 valence electrons. The number of carbonyl (C=O) groups excluding carboxylic acids is 1. The monoisotopic (exact) mass is 585 g/mol. The summed E-state index contributed by atoms with van der Waals surface area (Å²) in [5.41, 5.74) is 4.70. The zero-order valence-electron chi connectivity index (χ0n) is 23.6. The fourth-order valence-corrected chi connectivity index (χ4v) is 5.19. The number of aliphatic imine (C=N–C) groups is 1. The number of halogens is 2. The molecular weight excluding hydrogens is 557 g/mol. The van der Waals surface area contributed by atoms with Crippen molar-refractivity contribution in [1.82, 2.24) is 0 Å². The van der Waals surface area contributed by atoms with Crippen LogP contribution in [0, 0.1) is 11.3 Å². The first-order chi connectivity index (χ1) is 19.2. The Morgan fingerprint density at radius 1 is 0.951 bits per heavy atom. The van der Waals surface area contributed by atoms with Crippen molar-refractivity contribution >= 4 is 57.2 Å². The van der Waals surface area contributed by atoms with Crippen molar-refractivity contribution in [2.75, 3.05) is 5.32 Å². The topological polar surface area (TPSA) is 98.6 Å². The Morgan fingerprint density at radius 2 is 1.63 bits per heavy atom. The van der Waals surface area contributed by atoms with E-state index in [-0.39, 0.29) is 33.1 Å². The quantitative estimate of drug-likeness (QED) is 0.185. The highest BCUT2D eigenvalue weighted by atomic mass is 35.5. The third-order valence-corrected chi connectivity index (χ3v) is 7.83. The van der Waals surface area contributed by atoms with Crippen LogP contribution in [0.4, 0.5) is 5.69 Å². The first-order valence-electron chi connectivity index (χ1n) is 13.1. The molecule has 41 heavy (non-hydrogen) atoms. The molecule has 0 radical (unpaired) electrons. The van der Waals surface area contributed by atoms with Gasteiger partial charge < -0.3 is 14.8 Å². The average Bonchev–Trinajstić information content (AvgIpc) is 3.41. The number of nitrogens with one attached hydrogen (secondary N) is 1. The standard InChI is InChI=1S/C33H29Cl2N3O3/c1-32(2,3)17-13-21-26(31(40)41-29(21)23(14-17)33(4,5)6)28-20-10-8-7-9-19(20)27(38-28)22(16-36)30(39)37-18-11-12-24(34)25(35)15-18/h7-15,40H,1-6H3,(H,37,39). The second-order valence-electron chi connectivity index (χ2n) is 12.1. The van der Waals surface area contributed by atoms with Crippen LogP contribution in [0.5, 0.6) is 5.95 Å². The Bertz CT molecular complexity index is 1840. The number of nitrogens with zero attached hydrogens (tertiary/aromatic N) is 2. The molecule has 0 aliphatic carbocycles. The predicted molar refractivity (Wildman–Crippen MR) is 165 cm³/mol. The summed E-state index contributed by atoms with van der Waals surface area (Å²) in [5.74, 6) is -0.919. The van der Waals surface area contributed by atoms with Gasteiger partial charge in [-0.15, -0.1) is 0 Å². The average molecular weight is 587 g/mol. The molecule has 2 heterocycles. The van der Waals surface area contributed by atoms with E-state index in [1.165, 1.54) is 6.07 Å². The van der Waals surface area contributed by atoms with Crippen LogP contribution in [0.2, 0.25) is 10.0 Å². The van der Waals surface area contributed by atoms with E-state index < -0.39 is 5.91 Å². The third kappa shape index (κ3) is 5.12. The van der Waals surface area contributed by atoms with E-state index in [4.69, 9.17) is 32.6 Å². The van der Waals surface area contributed by atoms with E-state index in [1.54, 1.807) is 18.2 Å². The molecule has 0 spiro atoms. The van der Waals surface area contributed by atoms with Gasteiger partial charge in [-0.1, -0.05) is 95.1 Å². The Hall–Kier alpha value is -4.05. The van der Waals surface area contributed by atoms with E-state index in [1.807, 2.05) is 30.3 Å². The van der Waals surface area contributed by atoms with Gasteiger partial charge in [0.1, 0.15) is 17.2 Å². The van der Waals surface area contributed by atoms with Gasteiger partial charge in [0, 0.05) is 27.8 Å². The van der Waals surface area contributed by atoms with Crippen LogP contribution in [0.25, 0.3) is 16.7 Å². The van der Waals surface area contributed by atoms with Crippen LogP contribution in [-0.4, -0.2) is 16.7 Å². The highest BCUT2D eigenvalue weighted by molar-refractivity contribution is 6.42. The number of rotatable bonds is 3. The summed E-state index contributed by atoms with van der Waals surface area (Å²) >= 11 is 12.1. The fraction of sp³-hybridized carbons (Fsp3) is 0.242. The zero-order valence-corrected chi connectivity index (χ0v) is 25.1. The molecule has 0 fully saturated rings. The molecular formula is C33H29Cl2N3O3. The Morgan fingerprint density at radius 3 is 2.24 bits per heavy atom. The number of hydrogen-bond donors (Lipinski definition) is 2. The molecule has 0 saturated carbocycles. The smallest absolute Gasteiger partial charge is 0.292 e. The van der Waals surface area contributed by atoms with E-state index >= 15 is 0 Å². The molecule has 1 amide bonds. The summed E-state index contributed by atoms with van der Waals surface area (Å²) in [6.07, 6.45) is 0. The number of anilines is 1. The summed E-state index contributed by atoms with van der Waals surface area (Å²) in [7, 11) is 0. The highest BCUT2D eigenvalue weighted by Crippen LogP contribution is 2.44. The van der Waals surface area contributed by atoms with Crippen LogP contribution in [0.15, 0.2) is 69.6 Å². The van der Waals surface area contributed by atoms with E-state index in [0.717, 1.165) is 11.1 Å². The second kappa shape index (κ2) is 10.1. The Labute approximate surface area is 248 Å². The largest absolute Gasteiger partial charge is 0.480 e. The van der Waals surface area contributed by atoms with Crippen molar-refractivity contribution in [1.29, 1.82) is 5.26 Å². The number of aromatic hydroxyl groups is 1. The van der Waals surface area contributed by atoms with Gasteiger partial charge in [0.15, 0.2) is 0 Å². The summed E-state index contributed by atoms with van der Waals surface area (Å²) in [4.78, 5) is 18.1. The van der Waals surface area contributed by atoms with Crippen molar-refractivity contribution < 1.29 is 14.3 Å². The molecule has 1 aliphatic rings. The van der Waals surface area contributed by atoms with E-state index in [9.17, 15) is 15.2 Å². The summed E-state index contributed by atoms with van der Waals surface area (Å²) in [6, 6.07) is 18.1. The molecule has 3 aromatic carbocycles. The first kappa shape index (κ1) is 28.5. The van der Waals surface area contributed by atoms with Crippen LogP contribution in [-0.2, 0) is 15.6 Å². The first-order valence-corrected chi connectivity index (χ1v) is 13.9. The van der Waals surface area contributed by atoms with Crippen LogP contribution >= 0.6 is 23.2 Å². The number of benzene rings is 3. The molecule has 5 rings (SSSR count). The van der Waals surface area contributed by atoms with Gasteiger partial charge in [-0.3, -0.25) is 4.79 Å². The van der Waals surface area contributed by atoms with Gasteiger partial charge >= 0.3 is 0 Å². The third-order valence-electron chi connectivity index (χ3n) is 7.10. The van der Waals surface area contributed by atoms with Crippen molar-refractivity contribution in [3.63, 3.8) is 0 Å². The van der Waals surface area contributed by atoms with E-state index in [2.05, 4.69) is 52.9 Å². The van der Waals surface area contributed by atoms with Gasteiger partial charge in [-0.25, -0.2) is 4.99 Å². The van der Waals surface area contributed by atoms with Crippen molar-refractivity contribution in [2.24, 2.45) is 4.99 Å². The van der Waals surface area contributed by atoms with Gasteiger partial charge in [0.05, 0.1) is 27.0 Å². The van der Waals surface area contributed by atoms with Gasteiger partial charge in [0.2, 0.25) is 0 Å². The van der Waals surface area contributed by atoms with Crippen LogP contribution in [0.3, 0.4) is 0 Å². The molecule has 1 aromatic heterocycles. The zero-order chi connectivity index (χ0) is 29.9. The normalized spacial score (nSPS) is 14.5. The van der Waals surface area contributed by atoms with Crippen molar-refractivity contribution in [3.8, 4) is 12.0 Å². The highest BCUT2D eigenvalue weighted by Gasteiger charge is 2.33. The lowest BCUT2D eigenvalue weighted by Crippen LogP contribution is -2.16.